The Morgan fingerprint density at radius 1 is 1.60 bits per heavy atom. The van der Waals surface area contributed by atoms with E-state index in [1.54, 1.807) is 10.7 Å². The van der Waals surface area contributed by atoms with E-state index in [1.165, 1.54) is 6.20 Å². The van der Waals surface area contributed by atoms with Gasteiger partial charge in [0.05, 0.1) is 12.0 Å². The Hall–Kier alpha value is -1.65. The Balaban J connectivity index is 2.30. The summed E-state index contributed by atoms with van der Waals surface area (Å²) in [5.41, 5.74) is 0.452. The summed E-state index contributed by atoms with van der Waals surface area (Å²) in [7, 11) is 0. The number of rotatable bonds is 3. The summed E-state index contributed by atoms with van der Waals surface area (Å²) in [6, 6.07) is 1.43. The second-order valence-corrected chi connectivity index (χ2v) is 3.76. The lowest BCUT2D eigenvalue weighted by Crippen LogP contribution is -2.23. The highest BCUT2D eigenvalue weighted by Crippen LogP contribution is 2.35. The average molecular weight is 208 g/mol. The van der Waals surface area contributed by atoms with Gasteiger partial charge in [-0.15, -0.1) is 0 Å². The lowest BCUT2D eigenvalue weighted by molar-refractivity contribution is -0.142. The Bertz CT molecular complexity index is 386. The number of nitrogens with zero attached hydrogens (tertiary/aromatic N) is 2. The van der Waals surface area contributed by atoms with Crippen LogP contribution >= 0.6 is 0 Å². The van der Waals surface area contributed by atoms with Crippen molar-refractivity contribution in [2.24, 2.45) is 5.92 Å². The van der Waals surface area contributed by atoms with Gasteiger partial charge >= 0.3 is 5.97 Å². The third-order valence-corrected chi connectivity index (χ3v) is 2.93. The molecule has 1 saturated carbocycles. The van der Waals surface area contributed by atoms with Crippen LogP contribution in [0, 0.1) is 5.92 Å². The van der Waals surface area contributed by atoms with Gasteiger partial charge in [-0.25, -0.2) is 0 Å². The van der Waals surface area contributed by atoms with Gasteiger partial charge in [0.25, 0.3) is 0 Å². The molecule has 1 fully saturated rings. The number of carboxylic acids is 1. The highest BCUT2D eigenvalue weighted by molar-refractivity contribution is 5.73. The van der Waals surface area contributed by atoms with Crippen molar-refractivity contribution < 1.29 is 14.7 Å². The quantitative estimate of drug-likeness (QED) is 0.755. The van der Waals surface area contributed by atoms with Crippen LogP contribution in [0.1, 0.15) is 35.8 Å². The molecule has 0 aliphatic heterocycles. The van der Waals surface area contributed by atoms with Crippen LogP contribution in [0.3, 0.4) is 0 Å². The predicted molar refractivity (Wildman–Crippen MR) is 51.6 cm³/mol. The largest absolute Gasteiger partial charge is 0.481 e. The fourth-order valence-corrected chi connectivity index (χ4v) is 2.22. The van der Waals surface area contributed by atoms with E-state index in [0.717, 1.165) is 12.8 Å². The molecule has 0 radical (unpaired) electrons. The molecular weight excluding hydrogens is 196 g/mol. The number of hydrogen-bond acceptors (Lipinski definition) is 3. The molecule has 0 spiro atoms. The van der Waals surface area contributed by atoms with E-state index >= 15 is 0 Å². The van der Waals surface area contributed by atoms with E-state index < -0.39 is 11.9 Å². The van der Waals surface area contributed by atoms with Crippen LogP contribution in [0.5, 0.6) is 0 Å². The number of aldehydes is 1. The maximum atomic E-state index is 11.0. The smallest absolute Gasteiger partial charge is 0.308 e. The lowest BCUT2D eigenvalue weighted by Gasteiger charge is -2.17. The second-order valence-electron chi connectivity index (χ2n) is 3.76. The molecule has 1 aliphatic carbocycles. The van der Waals surface area contributed by atoms with Crippen molar-refractivity contribution in [2.45, 2.75) is 25.3 Å². The molecule has 1 aliphatic rings. The minimum Gasteiger partial charge on any atom is -0.481 e. The molecule has 2 unspecified atom stereocenters. The zero-order valence-electron chi connectivity index (χ0n) is 8.17. The standard InChI is InChI=1S/C10H12N2O3/c13-6-7-4-5-11-12(7)9-3-1-2-8(9)10(14)15/h4-6,8-9H,1-3H2,(H,14,15). The maximum Gasteiger partial charge on any atom is 0.308 e. The number of carbonyl (C=O) groups excluding carboxylic acids is 1. The average Bonchev–Trinajstić information content (AvgIpc) is 2.85. The number of aliphatic carboxylic acids is 1. The van der Waals surface area contributed by atoms with Gasteiger partial charge in [0.2, 0.25) is 0 Å². The lowest BCUT2D eigenvalue weighted by atomic mass is 10.0. The van der Waals surface area contributed by atoms with Crippen LogP contribution in [0.25, 0.3) is 0 Å². The van der Waals surface area contributed by atoms with Crippen LogP contribution in [-0.2, 0) is 4.79 Å². The van der Waals surface area contributed by atoms with Crippen molar-refractivity contribution in [1.82, 2.24) is 9.78 Å². The highest BCUT2D eigenvalue weighted by atomic mass is 16.4. The number of carboxylic acid groups (broad SMARTS) is 1. The molecule has 0 bridgehead atoms. The molecule has 0 amide bonds. The zero-order valence-corrected chi connectivity index (χ0v) is 8.17. The number of carbonyl (C=O) groups is 2. The molecule has 1 N–H and O–H groups in total. The number of hydrogen-bond donors (Lipinski definition) is 1. The molecule has 1 aromatic heterocycles. The van der Waals surface area contributed by atoms with Crippen molar-refractivity contribution in [3.8, 4) is 0 Å². The second kappa shape index (κ2) is 3.84. The first-order chi connectivity index (χ1) is 7.24. The Labute approximate surface area is 86.7 Å². The van der Waals surface area contributed by atoms with Crippen molar-refractivity contribution in [3.05, 3.63) is 18.0 Å². The first kappa shape index (κ1) is 9.89. The highest BCUT2D eigenvalue weighted by Gasteiger charge is 2.35. The van der Waals surface area contributed by atoms with Crippen molar-refractivity contribution in [1.29, 1.82) is 0 Å². The normalized spacial score (nSPS) is 25.3. The fourth-order valence-electron chi connectivity index (χ4n) is 2.22. The van der Waals surface area contributed by atoms with Gasteiger partial charge < -0.3 is 5.11 Å². The van der Waals surface area contributed by atoms with E-state index in [4.69, 9.17) is 5.11 Å². The van der Waals surface area contributed by atoms with Gasteiger partial charge in [0.1, 0.15) is 5.69 Å². The summed E-state index contributed by atoms with van der Waals surface area (Å²) in [6.45, 7) is 0. The minimum atomic E-state index is -0.801. The molecule has 5 heteroatoms. The van der Waals surface area contributed by atoms with E-state index in [1.807, 2.05) is 0 Å². The van der Waals surface area contributed by atoms with Gasteiger partial charge in [-0.3, -0.25) is 14.3 Å². The van der Waals surface area contributed by atoms with Crippen molar-refractivity contribution in [2.75, 3.05) is 0 Å². The molecular formula is C10H12N2O3. The molecule has 0 aromatic carbocycles. The summed E-state index contributed by atoms with van der Waals surface area (Å²) in [6.07, 6.45) is 4.56. The summed E-state index contributed by atoms with van der Waals surface area (Å²) < 4.78 is 1.54. The van der Waals surface area contributed by atoms with Crippen molar-refractivity contribution in [3.63, 3.8) is 0 Å². The van der Waals surface area contributed by atoms with Crippen LogP contribution in [0.4, 0.5) is 0 Å². The van der Waals surface area contributed by atoms with Gasteiger partial charge in [-0.1, -0.05) is 6.42 Å². The molecule has 80 valence electrons. The molecule has 1 aromatic rings. The van der Waals surface area contributed by atoms with E-state index in [0.29, 0.717) is 18.4 Å². The van der Waals surface area contributed by atoms with Crippen molar-refractivity contribution >= 4 is 12.3 Å². The first-order valence-electron chi connectivity index (χ1n) is 4.95. The first-order valence-corrected chi connectivity index (χ1v) is 4.95. The molecule has 15 heavy (non-hydrogen) atoms. The summed E-state index contributed by atoms with van der Waals surface area (Å²) in [5, 5.41) is 13.0. The third-order valence-electron chi connectivity index (χ3n) is 2.93. The predicted octanol–water partition coefficient (Wildman–Crippen LogP) is 1.12. The fraction of sp³-hybridized carbons (Fsp3) is 0.500. The van der Waals surface area contributed by atoms with Gasteiger partial charge in [-0.05, 0) is 18.9 Å². The molecule has 5 nitrogen and oxygen atoms in total. The molecule has 0 saturated heterocycles. The van der Waals surface area contributed by atoms with E-state index in [9.17, 15) is 9.59 Å². The Kier molecular flexibility index (Phi) is 2.53. The molecule has 2 atom stereocenters. The summed E-state index contributed by atoms with van der Waals surface area (Å²) in [5.74, 6) is -1.21. The van der Waals surface area contributed by atoms with E-state index in [-0.39, 0.29) is 6.04 Å². The van der Waals surface area contributed by atoms with E-state index in [2.05, 4.69) is 5.10 Å². The zero-order chi connectivity index (χ0) is 10.8. The maximum absolute atomic E-state index is 11.0. The van der Waals surface area contributed by atoms with Gasteiger partial charge in [-0.2, -0.15) is 5.10 Å². The Morgan fingerprint density at radius 3 is 3.07 bits per heavy atom. The van der Waals surface area contributed by atoms with Gasteiger partial charge in [0.15, 0.2) is 6.29 Å². The summed E-state index contributed by atoms with van der Waals surface area (Å²) in [4.78, 5) is 21.7. The SMILES string of the molecule is O=Cc1ccnn1C1CCCC1C(=O)O. The van der Waals surface area contributed by atoms with Crippen LogP contribution in [0.15, 0.2) is 12.3 Å². The van der Waals surface area contributed by atoms with Crippen LogP contribution < -0.4 is 0 Å². The van der Waals surface area contributed by atoms with Gasteiger partial charge in [0, 0.05) is 6.20 Å². The summed E-state index contributed by atoms with van der Waals surface area (Å²) >= 11 is 0. The topological polar surface area (TPSA) is 72.2 Å². The van der Waals surface area contributed by atoms with Crippen LogP contribution in [-0.4, -0.2) is 27.1 Å². The number of aromatic nitrogens is 2. The van der Waals surface area contributed by atoms with Crippen LogP contribution in [0.2, 0.25) is 0 Å². The monoisotopic (exact) mass is 208 g/mol. The third kappa shape index (κ3) is 1.65. The Morgan fingerprint density at radius 2 is 2.40 bits per heavy atom. The molecule has 2 rings (SSSR count). The molecule has 1 heterocycles. The minimum absolute atomic E-state index is 0.169.